The van der Waals surface area contributed by atoms with Crippen molar-refractivity contribution in [2.45, 2.75) is 39.5 Å². The van der Waals surface area contributed by atoms with Gasteiger partial charge in [-0.25, -0.2) is 0 Å². The number of β-amino-alcohol motifs (C(OH)–C–C–N with tert-alkyl or cyclic N) is 1. The number of hydrogen-bond donors (Lipinski definition) is 1. The van der Waals surface area contributed by atoms with E-state index < -0.39 is 24.2 Å². The Bertz CT molecular complexity index is 346. The summed E-state index contributed by atoms with van der Waals surface area (Å²) >= 11 is 0. The Labute approximate surface area is 116 Å². The Morgan fingerprint density at radius 1 is 1.45 bits per heavy atom. The first kappa shape index (κ1) is 17.2. The fourth-order valence-corrected chi connectivity index (χ4v) is 2.57. The number of ether oxygens (including phenoxy) is 1. The zero-order chi connectivity index (χ0) is 15.6. The van der Waals surface area contributed by atoms with Gasteiger partial charge >= 0.3 is 12.1 Å². The van der Waals surface area contributed by atoms with Crippen LogP contribution in [0.3, 0.4) is 0 Å². The van der Waals surface area contributed by atoms with E-state index in [1.807, 2.05) is 13.8 Å². The van der Waals surface area contributed by atoms with Gasteiger partial charge in [-0.3, -0.25) is 9.69 Å². The number of carbonyl (C=O) groups is 1. The molecule has 1 saturated heterocycles. The molecule has 0 unspecified atom stereocenters. The molecule has 118 valence electrons. The maximum absolute atomic E-state index is 12.4. The molecule has 1 N–H and O–H groups in total. The highest BCUT2D eigenvalue weighted by Crippen LogP contribution is 2.39. The van der Waals surface area contributed by atoms with Crippen LogP contribution in [0.25, 0.3) is 0 Å². The largest absolute Gasteiger partial charge is 0.466 e. The van der Waals surface area contributed by atoms with Crippen molar-refractivity contribution in [3.05, 3.63) is 0 Å². The minimum atomic E-state index is -4.63. The molecule has 20 heavy (non-hydrogen) atoms. The first-order valence-electron chi connectivity index (χ1n) is 6.78. The van der Waals surface area contributed by atoms with Crippen molar-refractivity contribution in [2.24, 2.45) is 11.3 Å². The van der Waals surface area contributed by atoms with Crippen LogP contribution in [0.15, 0.2) is 0 Å². The van der Waals surface area contributed by atoms with Gasteiger partial charge in [-0.2, -0.15) is 13.2 Å². The van der Waals surface area contributed by atoms with Crippen LogP contribution in [-0.4, -0.2) is 54.5 Å². The van der Waals surface area contributed by atoms with Crippen molar-refractivity contribution in [3.63, 3.8) is 0 Å². The summed E-state index contributed by atoms with van der Waals surface area (Å²) in [5.41, 5.74) is -0.776. The maximum Gasteiger partial charge on any atom is 0.415 e. The van der Waals surface area contributed by atoms with Crippen LogP contribution in [0.2, 0.25) is 0 Å². The Hall–Kier alpha value is -0.820. The van der Waals surface area contributed by atoms with Gasteiger partial charge in [0, 0.05) is 13.1 Å². The first-order chi connectivity index (χ1) is 9.13. The van der Waals surface area contributed by atoms with Crippen molar-refractivity contribution in [1.82, 2.24) is 4.90 Å². The smallest absolute Gasteiger partial charge is 0.415 e. The fraction of sp³-hybridized carbons (Fsp3) is 0.923. The summed E-state index contributed by atoms with van der Waals surface area (Å²) < 4.78 is 42.2. The highest BCUT2D eigenvalue weighted by atomic mass is 19.4. The number of alkyl halides is 3. The molecule has 0 saturated carbocycles. The molecule has 0 aliphatic carbocycles. The molecule has 0 radical (unpaired) electrons. The number of hydrogen-bond acceptors (Lipinski definition) is 4. The fourth-order valence-electron chi connectivity index (χ4n) is 2.57. The van der Waals surface area contributed by atoms with Gasteiger partial charge in [0.25, 0.3) is 0 Å². The molecule has 0 aromatic rings. The molecule has 0 aromatic carbocycles. The van der Waals surface area contributed by atoms with Crippen molar-refractivity contribution in [1.29, 1.82) is 0 Å². The molecule has 1 aliphatic heterocycles. The third kappa shape index (κ3) is 3.63. The molecule has 2 atom stereocenters. The van der Waals surface area contributed by atoms with Crippen LogP contribution in [0.1, 0.15) is 27.2 Å². The molecule has 1 rings (SSSR count). The third-order valence-electron chi connectivity index (χ3n) is 3.98. The summed E-state index contributed by atoms with van der Waals surface area (Å²) in [5, 5.41) is 9.11. The van der Waals surface area contributed by atoms with Crippen LogP contribution in [0.4, 0.5) is 13.2 Å². The van der Waals surface area contributed by atoms with Gasteiger partial charge < -0.3 is 9.84 Å². The van der Waals surface area contributed by atoms with Crippen molar-refractivity contribution < 1.29 is 27.8 Å². The number of likely N-dealkylation sites (tertiary alicyclic amines) is 1. The van der Waals surface area contributed by atoms with E-state index in [4.69, 9.17) is 9.84 Å². The molecule has 1 heterocycles. The molecule has 1 aliphatic rings. The van der Waals surface area contributed by atoms with E-state index in [1.165, 1.54) is 4.90 Å². The second kappa shape index (κ2) is 6.30. The van der Waals surface area contributed by atoms with Crippen molar-refractivity contribution in [3.8, 4) is 0 Å². The minimum absolute atomic E-state index is 0.0328. The molecule has 1 fully saturated rings. The van der Waals surface area contributed by atoms with Gasteiger partial charge in [-0.05, 0) is 25.8 Å². The zero-order valence-corrected chi connectivity index (χ0v) is 12.0. The standard InChI is InChI=1S/C13H22F3NO3/c1-4-20-11(19)12(9(2)3)5-6-17(8-12)7-10(18)13(14,15)16/h9-10,18H,4-8H2,1-3H3/t10-,12-/m0/s1. The Morgan fingerprint density at radius 3 is 2.50 bits per heavy atom. The van der Waals surface area contributed by atoms with Crippen LogP contribution in [0.5, 0.6) is 0 Å². The lowest BCUT2D eigenvalue weighted by Gasteiger charge is -2.31. The predicted molar refractivity (Wildman–Crippen MR) is 67.0 cm³/mol. The lowest BCUT2D eigenvalue weighted by Crippen LogP contribution is -2.44. The molecule has 0 bridgehead atoms. The summed E-state index contributed by atoms with van der Waals surface area (Å²) in [7, 11) is 0. The first-order valence-corrected chi connectivity index (χ1v) is 6.78. The van der Waals surface area contributed by atoms with Gasteiger partial charge in [0.15, 0.2) is 6.10 Å². The molecule has 4 nitrogen and oxygen atoms in total. The number of aliphatic hydroxyl groups is 1. The van der Waals surface area contributed by atoms with Gasteiger partial charge in [-0.1, -0.05) is 13.8 Å². The normalized spacial score (nSPS) is 26.0. The predicted octanol–water partition coefficient (Wildman–Crippen LogP) is 1.82. The van der Waals surface area contributed by atoms with E-state index in [0.717, 1.165) is 0 Å². The van der Waals surface area contributed by atoms with E-state index in [2.05, 4.69) is 0 Å². The highest BCUT2D eigenvalue weighted by Gasteiger charge is 2.49. The average Bonchev–Trinajstić information content (AvgIpc) is 2.73. The summed E-state index contributed by atoms with van der Waals surface area (Å²) in [4.78, 5) is 13.6. The zero-order valence-electron chi connectivity index (χ0n) is 12.0. The number of esters is 1. The SMILES string of the molecule is CCOC(=O)[C@@]1(C(C)C)CCN(C[C@H](O)C(F)(F)F)C1. The summed E-state index contributed by atoms with van der Waals surface area (Å²) in [6.45, 7) is 5.71. The van der Waals surface area contributed by atoms with Crippen LogP contribution in [0, 0.1) is 11.3 Å². The number of rotatable bonds is 5. The lowest BCUT2D eigenvalue weighted by atomic mass is 9.76. The second-order valence-corrected chi connectivity index (χ2v) is 5.57. The molecular weight excluding hydrogens is 275 g/mol. The van der Waals surface area contributed by atoms with E-state index in [0.29, 0.717) is 13.0 Å². The Morgan fingerprint density at radius 2 is 2.05 bits per heavy atom. The number of halogens is 3. The summed E-state index contributed by atoms with van der Waals surface area (Å²) in [6.07, 6.45) is -6.56. The van der Waals surface area contributed by atoms with Gasteiger partial charge in [-0.15, -0.1) is 0 Å². The Kier molecular flexibility index (Phi) is 5.43. The van der Waals surface area contributed by atoms with E-state index in [9.17, 15) is 18.0 Å². The second-order valence-electron chi connectivity index (χ2n) is 5.57. The number of nitrogens with zero attached hydrogens (tertiary/aromatic N) is 1. The van der Waals surface area contributed by atoms with Crippen molar-refractivity contribution >= 4 is 5.97 Å². The van der Waals surface area contributed by atoms with E-state index in [1.54, 1.807) is 6.92 Å². The number of aliphatic hydroxyl groups excluding tert-OH is 1. The van der Waals surface area contributed by atoms with E-state index >= 15 is 0 Å². The molecule has 0 aromatic heterocycles. The van der Waals surface area contributed by atoms with Gasteiger partial charge in [0.1, 0.15) is 0 Å². The quantitative estimate of drug-likeness (QED) is 0.787. The van der Waals surface area contributed by atoms with Gasteiger partial charge in [0.05, 0.1) is 12.0 Å². The van der Waals surface area contributed by atoms with Gasteiger partial charge in [0.2, 0.25) is 0 Å². The topological polar surface area (TPSA) is 49.8 Å². The molecule has 0 amide bonds. The monoisotopic (exact) mass is 297 g/mol. The van der Waals surface area contributed by atoms with Crippen LogP contribution in [-0.2, 0) is 9.53 Å². The number of carbonyl (C=O) groups excluding carboxylic acids is 1. The Balaban J connectivity index is 2.73. The summed E-state index contributed by atoms with van der Waals surface area (Å²) in [6, 6.07) is 0. The van der Waals surface area contributed by atoms with Crippen molar-refractivity contribution in [2.75, 3.05) is 26.2 Å². The van der Waals surface area contributed by atoms with E-state index in [-0.39, 0.29) is 25.0 Å². The maximum atomic E-state index is 12.4. The van der Waals surface area contributed by atoms with Crippen LogP contribution >= 0.6 is 0 Å². The summed E-state index contributed by atoms with van der Waals surface area (Å²) in [5.74, 6) is -0.395. The average molecular weight is 297 g/mol. The minimum Gasteiger partial charge on any atom is -0.466 e. The third-order valence-corrected chi connectivity index (χ3v) is 3.98. The van der Waals surface area contributed by atoms with Crippen LogP contribution < -0.4 is 0 Å². The lowest BCUT2D eigenvalue weighted by molar-refractivity contribution is -0.207. The highest BCUT2D eigenvalue weighted by molar-refractivity contribution is 5.78. The molecular formula is C13H22F3NO3. The molecule has 0 spiro atoms. The molecule has 7 heteroatoms.